The fourth-order valence-electron chi connectivity index (χ4n) is 5.07. The number of nitrogens with two attached hydrogens (primary N) is 1. The topological polar surface area (TPSA) is 110 Å². The fourth-order valence-corrected chi connectivity index (χ4v) is 5.07. The highest BCUT2D eigenvalue weighted by Gasteiger charge is 2.28. The van der Waals surface area contributed by atoms with Crippen LogP contribution < -0.4 is 5.73 Å². The quantitative estimate of drug-likeness (QED) is 0.393. The van der Waals surface area contributed by atoms with Gasteiger partial charge in [0.05, 0.1) is 11.4 Å². The number of nitrogen functional groups attached to an aromatic ring is 1. The van der Waals surface area contributed by atoms with E-state index in [2.05, 4.69) is 16.5 Å². The van der Waals surface area contributed by atoms with E-state index >= 15 is 0 Å². The summed E-state index contributed by atoms with van der Waals surface area (Å²) >= 11 is 0. The van der Waals surface area contributed by atoms with Crippen molar-refractivity contribution in [1.82, 2.24) is 29.5 Å². The summed E-state index contributed by atoms with van der Waals surface area (Å²) in [6.45, 7) is 7.27. The number of anilines is 1. The van der Waals surface area contributed by atoms with Crippen LogP contribution in [-0.2, 0) is 11.3 Å². The number of carbonyl (C=O) groups is 2. The second-order valence-corrected chi connectivity index (χ2v) is 9.71. The molecule has 5 rings (SSSR count). The summed E-state index contributed by atoms with van der Waals surface area (Å²) in [7, 11) is 1.81. The molecule has 2 aromatic heterocycles. The monoisotopic (exact) mass is 509 g/mol. The Morgan fingerprint density at radius 2 is 1.92 bits per heavy atom. The highest BCUT2D eigenvalue weighted by molar-refractivity contribution is 5.98. The van der Waals surface area contributed by atoms with Crippen LogP contribution in [0.1, 0.15) is 40.4 Å². The van der Waals surface area contributed by atoms with Crippen molar-refractivity contribution in [3.63, 3.8) is 0 Å². The molecule has 0 saturated carbocycles. The van der Waals surface area contributed by atoms with Crippen molar-refractivity contribution in [3.8, 4) is 11.3 Å². The Morgan fingerprint density at radius 1 is 1.16 bits per heavy atom. The minimum absolute atomic E-state index is 0.0155. The number of likely N-dealkylation sites (tertiary alicyclic amines) is 1. The standard InChI is InChI=1S/C29H31N7O2/c1-4-24(37)35-15-7-9-22(17-35)36-28-25(27(30)31-18-32-28)26(33-36)21-13-11-20(12-14-21)16-34(3)29(38)23-10-6-5-8-19(23)2/h4-6,8,10-14,18,22H,1,7,9,15-17H2,2-3H3,(H2,30,31,32). The van der Waals surface area contributed by atoms with Gasteiger partial charge in [0.25, 0.3) is 5.91 Å². The molecule has 4 aromatic rings. The van der Waals surface area contributed by atoms with E-state index in [4.69, 9.17) is 10.8 Å². The molecule has 1 saturated heterocycles. The molecular formula is C29H31N7O2. The van der Waals surface area contributed by atoms with E-state index in [1.165, 1.54) is 12.4 Å². The zero-order valence-corrected chi connectivity index (χ0v) is 21.7. The zero-order chi connectivity index (χ0) is 26.8. The van der Waals surface area contributed by atoms with Crippen LogP contribution in [0.4, 0.5) is 5.82 Å². The lowest BCUT2D eigenvalue weighted by atomic mass is 10.1. The average molecular weight is 510 g/mol. The van der Waals surface area contributed by atoms with Gasteiger partial charge >= 0.3 is 0 Å². The van der Waals surface area contributed by atoms with Gasteiger partial charge in [-0.1, -0.05) is 49.0 Å². The Balaban J connectivity index is 1.42. The van der Waals surface area contributed by atoms with Gasteiger partial charge in [-0.05, 0) is 43.0 Å². The molecule has 1 aliphatic rings. The van der Waals surface area contributed by atoms with Gasteiger partial charge in [0, 0.05) is 37.8 Å². The number of amides is 2. The van der Waals surface area contributed by atoms with Crippen molar-refractivity contribution in [2.75, 3.05) is 25.9 Å². The van der Waals surface area contributed by atoms with E-state index < -0.39 is 0 Å². The first-order valence-corrected chi connectivity index (χ1v) is 12.7. The van der Waals surface area contributed by atoms with Crippen LogP contribution in [0.3, 0.4) is 0 Å². The highest BCUT2D eigenvalue weighted by atomic mass is 16.2. The van der Waals surface area contributed by atoms with E-state index in [0.717, 1.165) is 29.5 Å². The van der Waals surface area contributed by atoms with E-state index in [1.807, 2.05) is 60.1 Å². The lowest BCUT2D eigenvalue weighted by Crippen LogP contribution is -2.40. The molecule has 194 valence electrons. The first-order chi connectivity index (χ1) is 18.4. The van der Waals surface area contributed by atoms with Crippen LogP contribution in [0, 0.1) is 6.92 Å². The summed E-state index contributed by atoms with van der Waals surface area (Å²) in [5, 5.41) is 5.63. The Kier molecular flexibility index (Phi) is 6.91. The minimum atomic E-state index is -0.0815. The normalized spacial score (nSPS) is 15.4. The van der Waals surface area contributed by atoms with E-state index in [-0.39, 0.29) is 17.9 Å². The number of aromatic nitrogens is 4. The predicted molar refractivity (Wildman–Crippen MR) is 147 cm³/mol. The van der Waals surface area contributed by atoms with Crippen molar-refractivity contribution in [1.29, 1.82) is 0 Å². The lowest BCUT2D eigenvalue weighted by molar-refractivity contribution is -0.127. The minimum Gasteiger partial charge on any atom is -0.383 e. The second-order valence-electron chi connectivity index (χ2n) is 9.71. The van der Waals surface area contributed by atoms with Gasteiger partial charge in [-0.3, -0.25) is 9.59 Å². The van der Waals surface area contributed by atoms with Gasteiger partial charge in [-0.25, -0.2) is 14.6 Å². The van der Waals surface area contributed by atoms with Crippen LogP contribution in [0.25, 0.3) is 22.3 Å². The van der Waals surface area contributed by atoms with Gasteiger partial charge in [0.2, 0.25) is 5.91 Å². The fraction of sp³-hybridized carbons (Fsp3) is 0.276. The van der Waals surface area contributed by atoms with Crippen LogP contribution in [0.15, 0.2) is 67.5 Å². The maximum atomic E-state index is 12.9. The van der Waals surface area contributed by atoms with E-state index in [0.29, 0.717) is 47.7 Å². The Bertz CT molecular complexity index is 1510. The number of aryl methyl sites for hydroxylation is 1. The Morgan fingerprint density at radius 3 is 2.66 bits per heavy atom. The Hall–Kier alpha value is -4.53. The maximum absolute atomic E-state index is 12.9. The largest absolute Gasteiger partial charge is 0.383 e. The summed E-state index contributed by atoms with van der Waals surface area (Å²) in [4.78, 5) is 37.4. The van der Waals surface area contributed by atoms with E-state index in [9.17, 15) is 9.59 Å². The Labute approximate surface area is 221 Å². The molecule has 1 unspecified atom stereocenters. The number of carbonyl (C=O) groups excluding carboxylic acids is 2. The van der Waals surface area contributed by atoms with Crippen molar-refractivity contribution in [2.45, 2.75) is 32.4 Å². The molecule has 38 heavy (non-hydrogen) atoms. The van der Waals surface area contributed by atoms with Gasteiger partial charge in [0.15, 0.2) is 5.65 Å². The van der Waals surface area contributed by atoms with Crippen molar-refractivity contribution >= 4 is 28.7 Å². The molecule has 2 amide bonds. The molecule has 0 radical (unpaired) electrons. The molecule has 0 spiro atoms. The predicted octanol–water partition coefficient (Wildman–Crippen LogP) is 4.01. The highest BCUT2D eigenvalue weighted by Crippen LogP contribution is 2.34. The molecule has 1 fully saturated rings. The lowest BCUT2D eigenvalue weighted by Gasteiger charge is -2.32. The molecule has 9 nitrogen and oxygen atoms in total. The molecule has 0 bridgehead atoms. The summed E-state index contributed by atoms with van der Waals surface area (Å²) in [6, 6.07) is 15.5. The van der Waals surface area contributed by atoms with Crippen LogP contribution in [0.5, 0.6) is 0 Å². The molecule has 0 aliphatic carbocycles. The molecular weight excluding hydrogens is 478 g/mol. The first kappa shape index (κ1) is 25.1. The number of fused-ring (bicyclic) bond motifs is 1. The zero-order valence-electron chi connectivity index (χ0n) is 21.7. The van der Waals surface area contributed by atoms with E-state index in [1.54, 1.807) is 16.8 Å². The number of benzene rings is 2. The van der Waals surface area contributed by atoms with Gasteiger partial charge in [-0.15, -0.1) is 0 Å². The van der Waals surface area contributed by atoms with Gasteiger partial charge in [0.1, 0.15) is 17.8 Å². The number of hydrogen-bond donors (Lipinski definition) is 1. The molecule has 1 atom stereocenters. The number of hydrogen-bond acceptors (Lipinski definition) is 6. The maximum Gasteiger partial charge on any atom is 0.254 e. The second kappa shape index (κ2) is 10.5. The molecule has 1 aliphatic heterocycles. The van der Waals surface area contributed by atoms with Gasteiger partial charge < -0.3 is 15.5 Å². The summed E-state index contributed by atoms with van der Waals surface area (Å²) in [6.07, 6.45) is 4.54. The van der Waals surface area contributed by atoms with Crippen molar-refractivity contribution in [3.05, 3.63) is 84.2 Å². The van der Waals surface area contributed by atoms with Gasteiger partial charge in [-0.2, -0.15) is 5.10 Å². The number of rotatable bonds is 6. The third-order valence-electron chi connectivity index (χ3n) is 7.12. The van der Waals surface area contributed by atoms with Crippen LogP contribution in [-0.4, -0.2) is 61.5 Å². The van der Waals surface area contributed by atoms with Crippen LogP contribution in [0.2, 0.25) is 0 Å². The van der Waals surface area contributed by atoms with Crippen molar-refractivity contribution < 1.29 is 9.59 Å². The first-order valence-electron chi connectivity index (χ1n) is 12.7. The molecule has 9 heteroatoms. The van der Waals surface area contributed by atoms with Crippen LogP contribution >= 0.6 is 0 Å². The van der Waals surface area contributed by atoms with Crippen molar-refractivity contribution in [2.24, 2.45) is 0 Å². The molecule has 2 N–H and O–H groups in total. The summed E-state index contributed by atoms with van der Waals surface area (Å²) < 4.78 is 1.88. The number of nitrogens with zero attached hydrogens (tertiary/aromatic N) is 6. The third-order valence-corrected chi connectivity index (χ3v) is 7.12. The molecule has 3 heterocycles. The summed E-state index contributed by atoms with van der Waals surface area (Å²) in [5.41, 5.74) is 11.2. The SMILES string of the molecule is C=CC(=O)N1CCCC(n2nc(-c3ccc(CN(C)C(=O)c4ccccc4C)cc3)c3c(N)ncnc32)C1. The average Bonchev–Trinajstić information content (AvgIpc) is 3.34. The summed E-state index contributed by atoms with van der Waals surface area (Å²) in [5.74, 6) is 0.263. The molecule has 2 aromatic carbocycles. The number of piperidine rings is 1. The smallest absolute Gasteiger partial charge is 0.254 e. The third kappa shape index (κ3) is 4.74.